The zero-order valence-corrected chi connectivity index (χ0v) is 11.6. The Morgan fingerprint density at radius 3 is 2.65 bits per heavy atom. The predicted molar refractivity (Wildman–Crippen MR) is 73.9 cm³/mol. The number of morpholine rings is 1. The summed E-state index contributed by atoms with van der Waals surface area (Å²) in [5.74, 6) is 1.17. The molecule has 1 aromatic rings. The van der Waals surface area contributed by atoms with Gasteiger partial charge >= 0.3 is 0 Å². The molecular weight excluding hydrogens is 230 g/mol. The highest BCUT2D eigenvalue weighted by atomic mass is 32.2. The lowest BCUT2D eigenvalue weighted by molar-refractivity contribution is 0.0410. The minimum absolute atomic E-state index is 0.897. The fourth-order valence-corrected chi connectivity index (χ4v) is 2.93. The van der Waals surface area contributed by atoms with Crippen LogP contribution in [-0.4, -0.2) is 43.5 Å². The van der Waals surface area contributed by atoms with E-state index in [9.17, 15) is 0 Å². The van der Waals surface area contributed by atoms with Gasteiger partial charge in [0.15, 0.2) is 0 Å². The maximum Gasteiger partial charge on any atom is 0.0594 e. The fourth-order valence-electron chi connectivity index (χ4n) is 1.92. The van der Waals surface area contributed by atoms with Crippen LogP contribution >= 0.6 is 11.8 Å². The maximum absolute atomic E-state index is 5.34. The molecule has 0 radical (unpaired) electrons. The van der Waals surface area contributed by atoms with E-state index in [4.69, 9.17) is 4.74 Å². The molecule has 3 heteroatoms. The third-order valence-electron chi connectivity index (χ3n) is 3.26. The van der Waals surface area contributed by atoms with E-state index in [2.05, 4.69) is 36.9 Å². The van der Waals surface area contributed by atoms with E-state index in [1.807, 2.05) is 11.8 Å². The zero-order valence-electron chi connectivity index (χ0n) is 10.7. The van der Waals surface area contributed by atoms with Crippen molar-refractivity contribution in [2.24, 2.45) is 0 Å². The van der Waals surface area contributed by atoms with Crippen molar-refractivity contribution in [1.29, 1.82) is 0 Å². The van der Waals surface area contributed by atoms with Gasteiger partial charge in [-0.25, -0.2) is 0 Å². The number of nitrogens with zero attached hydrogens (tertiary/aromatic N) is 1. The monoisotopic (exact) mass is 251 g/mol. The van der Waals surface area contributed by atoms with Gasteiger partial charge in [0.2, 0.25) is 0 Å². The molecule has 0 spiro atoms. The molecule has 1 fully saturated rings. The third-order valence-corrected chi connectivity index (χ3v) is 4.23. The van der Waals surface area contributed by atoms with Gasteiger partial charge in [0.25, 0.3) is 0 Å². The lowest BCUT2D eigenvalue weighted by atomic mass is 10.1. The first-order valence-electron chi connectivity index (χ1n) is 6.26. The first kappa shape index (κ1) is 12.9. The van der Waals surface area contributed by atoms with Gasteiger partial charge in [-0.05, 0) is 37.1 Å². The van der Waals surface area contributed by atoms with Gasteiger partial charge in [-0.2, -0.15) is 0 Å². The highest BCUT2D eigenvalue weighted by Crippen LogP contribution is 2.21. The largest absolute Gasteiger partial charge is 0.379 e. The Hall–Kier alpha value is -0.510. The molecule has 2 nitrogen and oxygen atoms in total. The van der Waals surface area contributed by atoms with Crippen LogP contribution in [0.15, 0.2) is 23.1 Å². The highest BCUT2D eigenvalue weighted by Gasteiger charge is 2.09. The quantitative estimate of drug-likeness (QED) is 0.764. The molecule has 17 heavy (non-hydrogen) atoms. The summed E-state index contributed by atoms with van der Waals surface area (Å²) < 4.78 is 5.34. The average molecular weight is 251 g/mol. The number of hydrogen-bond donors (Lipinski definition) is 0. The second-order valence-corrected chi connectivity index (χ2v) is 5.72. The van der Waals surface area contributed by atoms with Gasteiger partial charge in [-0.15, -0.1) is 11.8 Å². The minimum Gasteiger partial charge on any atom is -0.379 e. The van der Waals surface area contributed by atoms with Gasteiger partial charge in [0, 0.05) is 30.3 Å². The highest BCUT2D eigenvalue weighted by molar-refractivity contribution is 7.99. The molecule has 0 atom stereocenters. The molecule has 1 aliphatic heterocycles. The van der Waals surface area contributed by atoms with Crippen LogP contribution in [0.5, 0.6) is 0 Å². The second-order valence-electron chi connectivity index (χ2n) is 4.55. The molecule has 1 saturated heterocycles. The van der Waals surface area contributed by atoms with Crippen LogP contribution in [0.1, 0.15) is 11.1 Å². The topological polar surface area (TPSA) is 12.5 Å². The van der Waals surface area contributed by atoms with Gasteiger partial charge in [0.1, 0.15) is 0 Å². The molecule has 0 N–H and O–H groups in total. The van der Waals surface area contributed by atoms with E-state index < -0.39 is 0 Å². The van der Waals surface area contributed by atoms with Crippen LogP contribution in [0.4, 0.5) is 0 Å². The Kier molecular flexibility index (Phi) is 4.89. The molecule has 94 valence electrons. The Balaban J connectivity index is 1.75. The second kappa shape index (κ2) is 6.43. The van der Waals surface area contributed by atoms with Crippen LogP contribution in [0.2, 0.25) is 0 Å². The van der Waals surface area contributed by atoms with E-state index in [0.717, 1.165) is 26.3 Å². The van der Waals surface area contributed by atoms with Crippen molar-refractivity contribution >= 4 is 11.8 Å². The Bertz CT molecular complexity index is 361. The molecule has 0 bridgehead atoms. The Morgan fingerprint density at radius 1 is 1.18 bits per heavy atom. The van der Waals surface area contributed by atoms with Crippen molar-refractivity contribution in [3.63, 3.8) is 0 Å². The van der Waals surface area contributed by atoms with E-state index in [-0.39, 0.29) is 0 Å². The van der Waals surface area contributed by atoms with Crippen LogP contribution in [0, 0.1) is 13.8 Å². The average Bonchev–Trinajstić information content (AvgIpc) is 2.35. The van der Waals surface area contributed by atoms with Crippen molar-refractivity contribution < 1.29 is 4.74 Å². The molecule has 1 aliphatic rings. The maximum atomic E-state index is 5.34. The number of rotatable bonds is 4. The van der Waals surface area contributed by atoms with Gasteiger partial charge in [-0.3, -0.25) is 4.90 Å². The summed E-state index contributed by atoms with van der Waals surface area (Å²) in [6.45, 7) is 9.49. The Morgan fingerprint density at radius 2 is 1.94 bits per heavy atom. The van der Waals surface area contributed by atoms with Crippen molar-refractivity contribution in [1.82, 2.24) is 4.90 Å². The Labute approximate surface area is 108 Å². The van der Waals surface area contributed by atoms with Crippen molar-refractivity contribution in [3.05, 3.63) is 29.3 Å². The van der Waals surface area contributed by atoms with Crippen LogP contribution in [0.25, 0.3) is 0 Å². The fraction of sp³-hybridized carbons (Fsp3) is 0.571. The summed E-state index contributed by atoms with van der Waals surface area (Å²) in [7, 11) is 0. The van der Waals surface area contributed by atoms with Gasteiger partial charge in [0.05, 0.1) is 13.2 Å². The molecule has 0 amide bonds. The summed E-state index contributed by atoms with van der Waals surface area (Å²) >= 11 is 1.95. The molecule has 0 aliphatic carbocycles. The third kappa shape index (κ3) is 4.02. The molecule has 0 aromatic heterocycles. The SMILES string of the molecule is Cc1ccc(SCCN2CCOCC2)cc1C. The molecule has 1 aromatic carbocycles. The summed E-state index contributed by atoms with van der Waals surface area (Å²) in [6.07, 6.45) is 0. The standard InChI is InChI=1S/C14H21NOS/c1-12-3-4-14(11-13(12)2)17-10-7-15-5-8-16-9-6-15/h3-4,11H,5-10H2,1-2H3. The lowest BCUT2D eigenvalue weighted by Gasteiger charge is -2.26. The summed E-state index contributed by atoms with van der Waals surface area (Å²) in [5, 5.41) is 0. The minimum atomic E-state index is 0.897. The number of hydrogen-bond acceptors (Lipinski definition) is 3. The van der Waals surface area contributed by atoms with E-state index in [1.54, 1.807) is 0 Å². The summed E-state index contributed by atoms with van der Waals surface area (Å²) in [5.41, 5.74) is 2.77. The van der Waals surface area contributed by atoms with Gasteiger partial charge < -0.3 is 4.74 Å². The summed E-state index contributed by atoms with van der Waals surface area (Å²) in [4.78, 5) is 3.87. The van der Waals surface area contributed by atoms with Crippen LogP contribution in [0.3, 0.4) is 0 Å². The lowest BCUT2D eigenvalue weighted by Crippen LogP contribution is -2.37. The first-order chi connectivity index (χ1) is 8.25. The van der Waals surface area contributed by atoms with Crippen LogP contribution in [-0.2, 0) is 4.74 Å². The van der Waals surface area contributed by atoms with E-state index in [0.29, 0.717) is 0 Å². The number of aryl methyl sites for hydroxylation is 2. The predicted octanol–water partition coefficient (Wildman–Crippen LogP) is 2.73. The smallest absolute Gasteiger partial charge is 0.0594 e. The van der Waals surface area contributed by atoms with E-state index in [1.165, 1.54) is 28.3 Å². The normalized spacial score (nSPS) is 17.3. The number of benzene rings is 1. The first-order valence-corrected chi connectivity index (χ1v) is 7.24. The van der Waals surface area contributed by atoms with Crippen molar-refractivity contribution in [2.45, 2.75) is 18.7 Å². The molecule has 2 rings (SSSR count). The molecular formula is C14H21NOS. The van der Waals surface area contributed by atoms with Crippen LogP contribution < -0.4 is 0 Å². The van der Waals surface area contributed by atoms with Crippen molar-refractivity contribution in [3.8, 4) is 0 Å². The number of thioether (sulfide) groups is 1. The zero-order chi connectivity index (χ0) is 12.1. The molecule has 1 heterocycles. The van der Waals surface area contributed by atoms with E-state index >= 15 is 0 Å². The van der Waals surface area contributed by atoms with Crippen molar-refractivity contribution in [2.75, 3.05) is 38.6 Å². The summed E-state index contributed by atoms with van der Waals surface area (Å²) in [6, 6.07) is 6.73. The van der Waals surface area contributed by atoms with Gasteiger partial charge in [-0.1, -0.05) is 6.07 Å². The molecule has 0 unspecified atom stereocenters. The molecule has 0 saturated carbocycles. The number of ether oxygens (including phenoxy) is 1.